The molecule has 0 aliphatic rings. The van der Waals surface area contributed by atoms with E-state index in [-0.39, 0.29) is 11.5 Å². The molecule has 3 rings (SSSR count). The minimum Gasteiger partial charge on any atom is -0.465 e. The molecule has 1 heterocycles. The molecule has 0 amide bonds. The van der Waals surface area contributed by atoms with E-state index in [0.717, 1.165) is 22.8 Å². The maximum absolute atomic E-state index is 11.6. The van der Waals surface area contributed by atoms with Gasteiger partial charge in [0, 0.05) is 22.9 Å². The van der Waals surface area contributed by atoms with E-state index in [4.69, 9.17) is 4.74 Å². The number of ether oxygens (including phenoxy) is 1. The van der Waals surface area contributed by atoms with Gasteiger partial charge in [-0.05, 0) is 45.0 Å². The summed E-state index contributed by atoms with van der Waals surface area (Å²) in [6.45, 7) is 6.24. The summed E-state index contributed by atoms with van der Waals surface area (Å²) >= 11 is 0. The fraction of sp³-hybridized carbons (Fsp3) is 0.227. The summed E-state index contributed by atoms with van der Waals surface area (Å²) < 4.78 is 4.73. The summed E-state index contributed by atoms with van der Waals surface area (Å²) in [6.07, 6.45) is 0. The smallest absolute Gasteiger partial charge is 0.337 e. The molecule has 6 heteroatoms. The molecule has 6 nitrogen and oxygen atoms in total. The fourth-order valence-corrected chi connectivity index (χ4v) is 2.64. The average molecular weight is 376 g/mol. The molecule has 0 saturated carbocycles. The van der Waals surface area contributed by atoms with Gasteiger partial charge in [-0.15, -0.1) is 0 Å². The van der Waals surface area contributed by atoms with Gasteiger partial charge in [-0.25, -0.2) is 9.78 Å². The van der Waals surface area contributed by atoms with E-state index in [1.807, 2.05) is 36.4 Å². The second kappa shape index (κ2) is 8.08. The van der Waals surface area contributed by atoms with E-state index in [9.17, 15) is 4.79 Å². The Labute approximate surface area is 165 Å². The summed E-state index contributed by atoms with van der Waals surface area (Å²) in [6, 6.07) is 18.9. The molecular formula is C22H24N4O2. The lowest BCUT2D eigenvalue weighted by atomic mass is 10.1. The second-order valence-electron chi connectivity index (χ2n) is 7.40. The van der Waals surface area contributed by atoms with Gasteiger partial charge in [-0.1, -0.05) is 30.3 Å². The molecule has 0 atom stereocenters. The maximum atomic E-state index is 11.6. The Morgan fingerprint density at radius 3 is 2.25 bits per heavy atom. The molecule has 0 aliphatic heterocycles. The highest BCUT2D eigenvalue weighted by atomic mass is 16.5. The normalized spacial score (nSPS) is 11.0. The lowest BCUT2D eigenvalue weighted by molar-refractivity contribution is 0.0601. The van der Waals surface area contributed by atoms with Gasteiger partial charge in [0.2, 0.25) is 5.95 Å². The number of carbonyl (C=O) groups excluding carboxylic acids is 1. The third kappa shape index (κ3) is 5.07. The van der Waals surface area contributed by atoms with Crippen LogP contribution in [-0.4, -0.2) is 28.6 Å². The zero-order valence-electron chi connectivity index (χ0n) is 16.5. The zero-order valence-corrected chi connectivity index (χ0v) is 16.5. The molecule has 0 aliphatic carbocycles. The highest BCUT2D eigenvalue weighted by molar-refractivity contribution is 5.89. The number of hydrogen-bond donors (Lipinski definition) is 2. The van der Waals surface area contributed by atoms with E-state index < -0.39 is 0 Å². The molecule has 144 valence electrons. The molecule has 28 heavy (non-hydrogen) atoms. The lowest BCUT2D eigenvalue weighted by Gasteiger charge is -2.22. The Morgan fingerprint density at radius 2 is 1.64 bits per heavy atom. The van der Waals surface area contributed by atoms with Crippen LogP contribution in [0.4, 0.5) is 17.5 Å². The van der Waals surface area contributed by atoms with E-state index in [2.05, 4.69) is 41.4 Å². The Hall–Kier alpha value is -3.41. The lowest BCUT2D eigenvalue weighted by Crippen LogP contribution is -2.26. The van der Waals surface area contributed by atoms with Gasteiger partial charge in [0.05, 0.1) is 18.4 Å². The highest BCUT2D eigenvalue weighted by Crippen LogP contribution is 2.24. The first-order valence-electron chi connectivity index (χ1n) is 9.02. The standard InChI is InChI=1S/C22H24N4O2/c1-22(2,3)26-19-14-18(15-8-6-5-7-9-15)24-21(25-19)23-17-12-10-16(11-13-17)20(27)28-4/h5-14H,1-4H3,(H2,23,24,25,26). The van der Waals surface area contributed by atoms with Crippen molar-refractivity contribution in [3.05, 3.63) is 66.2 Å². The summed E-state index contributed by atoms with van der Waals surface area (Å²) in [5, 5.41) is 6.61. The van der Waals surface area contributed by atoms with Gasteiger partial charge < -0.3 is 15.4 Å². The van der Waals surface area contributed by atoms with Crippen LogP contribution in [0, 0.1) is 0 Å². The summed E-state index contributed by atoms with van der Waals surface area (Å²) in [5.74, 6) is 0.833. The Kier molecular flexibility index (Phi) is 5.59. The molecular weight excluding hydrogens is 352 g/mol. The van der Waals surface area contributed by atoms with Crippen molar-refractivity contribution in [1.82, 2.24) is 9.97 Å². The Bertz CT molecular complexity index is 949. The van der Waals surface area contributed by atoms with E-state index in [0.29, 0.717) is 11.5 Å². The number of hydrogen-bond acceptors (Lipinski definition) is 6. The number of nitrogens with one attached hydrogen (secondary N) is 2. The largest absolute Gasteiger partial charge is 0.465 e. The monoisotopic (exact) mass is 376 g/mol. The molecule has 0 unspecified atom stereocenters. The van der Waals surface area contributed by atoms with Gasteiger partial charge >= 0.3 is 5.97 Å². The van der Waals surface area contributed by atoms with Crippen molar-refractivity contribution in [3.8, 4) is 11.3 Å². The van der Waals surface area contributed by atoms with E-state index >= 15 is 0 Å². The predicted octanol–water partition coefficient (Wildman–Crippen LogP) is 4.88. The minimum atomic E-state index is -0.370. The van der Waals surface area contributed by atoms with Gasteiger partial charge in [0.15, 0.2) is 0 Å². The number of anilines is 3. The molecule has 3 aromatic rings. The van der Waals surface area contributed by atoms with E-state index in [1.165, 1.54) is 7.11 Å². The van der Waals surface area contributed by atoms with Crippen molar-refractivity contribution in [1.29, 1.82) is 0 Å². The van der Waals surface area contributed by atoms with Gasteiger partial charge in [0.25, 0.3) is 0 Å². The molecule has 0 saturated heterocycles. The van der Waals surface area contributed by atoms with Crippen LogP contribution in [0.2, 0.25) is 0 Å². The van der Waals surface area contributed by atoms with Crippen molar-refractivity contribution in [2.45, 2.75) is 26.3 Å². The van der Waals surface area contributed by atoms with Crippen LogP contribution < -0.4 is 10.6 Å². The quantitative estimate of drug-likeness (QED) is 0.618. The predicted molar refractivity (Wildman–Crippen MR) is 112 cm³/mol. The van der Waals surface area contributed by atoms with Crippen LogP contribution in [0.1, 0.15) is 31.1 Å². The summed E-state index contributed by atoms with van der Waals surface area (Å²) in [5.41, 5.74) is 2.95. The number of methoxy groups -OCH3 is 1. The van der Waals surface area contributed by atoms with Crippen molar-refractivity contribution in [2.24, 2.45) is 0 Å². The second-order valence-corrected chi connectivity index (χ2v) is 7.40. The number of esters is 1. The van der Waals surface area contributed by atoms with E-state index in [1.54, 1.807) is 24.3 Å². The topological polar surface area (TPSA) is 76.1 Å². The number of rotatable bonds is 5. The average Bonchev–Trinajstić information content (AvgIpc) is 2.67. The van der Waals surface area contributed by atoms with Crippen LogP contribution in [0.15, 0.2) is 60.7 Å². The molecule has 1 aromatic heterocycles. The van der Waals surface area contributed by atoms with Crippen molar-refractivity contribution < 1.29 is 9.53 Å². The fourth-order valence-electron chi connectivity index (χ4n) is 2.64. The van der Waals surface area contributed by atoms with Crippen LogP contribution >= 0.6 is 0 Å². The molecule has 2 N–H and O–H groups in total. The maximum Gasteiger partial charge on any atom is 0.337 e. The Morgan fingerprint density at radius 1 is 0.964 bits per heavy atom. The van der Waals surface area contributed by atoms with Crippen LogP contribution in [0.5, 0.6) is 0 Å². The van der Waals surface area contributed by atoms with Gasteiger partial charge in [0.1, 0.15) is 5.82 Å². The molecule has 0 spiro atoms. The molecule has 2 aromatic carbocycles. The third-order valence-electron chi connectivity index (χ3n) is 3.86. The molecule has 0 radical (unpaired) electrons. The number of aromatic nitrogens is 2. The molecule has 0 bridgehead atoms. The van der Waals surface area contributed by atoms with Crippen molar-refractivity contribution in [3.63, 3.8) is 0 Å². The number of carbonyl (C=O) groups is 1. The van der Waals surface area contributed by atoms with Crippen molar-refractivity contribution in [2.75, 3.05) is 17.7 Å². The third-order valence-corrected chi connectivity index (χ3v) is 3.86. The van der Waals surface area contributed by atoms with Gasteiger partial charge in [-0.2, -0.15) is 4.98 Å². The first-order valence-corrected chi connectivity index (χ1v) is 9.02. The van der Waals surface area contributed by atoms with Crippen LogP contribution in [-0.2, 0) is 4.74 Å². The van der Waals surface area contributed by atoms with Gasteiger partial charge in [-0.3, -0.25) is 0 Å². The number of benzene rings is 2. The summed E-state index contributed by atoms with van der Waals surface area (Å²) in [4.78, 5) is 20.8. The first kappa shape index (κ1) is 19.4. The number of nitrogens with zero attached hydrogens (tertiary/aromatic N) is 2. The van der Waals surface area contributed by atoms with Crippen molar-refractivity contribution >= 4 is 23.4 Å². The van der Waals surface area contributed by atoms with Crippen LogP contribution in [0.3, 0.4) is 0 Å². The Balaban J connectivity index is 1.93. The highest BCUT2D eigenvalue weighted by Gasteiger charge is 2.14. The minimum absolute atomic E-state index is 0.137. The summed E-state index contributed by atoms with van der Waals surface area (Å²) in [7, 11) is 1.36. The van der Waals surface area contributed by atoms with Crippen LogP contribution in [0.25, 0.3) is 11.3 Å². The first-order chi connectivity index (χ1) is 13.3. The molecule has 0 fully saturated rings. The SMILES string of the molecule is COC(=O)c1ccc(Nc2nc(NC(C)(C)C)cc(-c3ccccc3)n2)cc1. The zero-order chi connectivity index (χ0) is 20.1.